The molecule has 1 aliphatic heterocycles. The van der Waals surface area contributed by atoms with Crippen molar-refractivity contribution in [3.63, 3.8) is 0 Å². The average Bonchev–Trinajstić information content (AvgIpc) is 2.95. The number of hydrogen-bond donors (Lipinski definition) is 2. The van der Waals surface area contributed by atoms with Crippen molar-refractivity contribution in [2.45, 2.75) is 18.8 Å². The molecule has 0 amide bonds. The van der Waals surface area contributed by atoms with E-state index in [4.69, 9.17) is 11.6 Å². The molecule has 0 radical (unpaired) electrons. The summed E-state index contributed by atoms with van der Waals surface area (Å²) in [5.74, 6) is -2.03. The number of carbonyl (C=O) groups is 1. The molecule has 8 heteroatoms. The molecule has 1 unspecified atom stereocenters. The summed E-state index contributed by atoms with van der Waals surface area (Å²) in [7, 11) is -3.61. The van der Waals surface area contributed by atoms with Gasteiger partial charge in [-0.05, 0) is 30.5 Å². The molecule has 6 nitrogen and oxygen atoms in total. The van der Waals surface area contributed by atoms with Crippen LogP contribution in [0, 0.1) is 0 Å². The van der Waals surface area contributed by atoms with Gasteiger partial charge in [0.2, 0.25) is 0 Å². The lowest BCUT2D eigenvalue weighted by molar-refractivity contribution is -0.138. The Kier molecular flexibility index (Phi) is 5.21. The van der Waals surface area contributed by atoms with E-state index in [-0.39, 0.29) is 6.54 Å². The molecule has 1 fully saturated rings. The Morgan fingerprint density at radius 1 is 1.29 bits per heavy atom. The zero-order chi connectivity index (χ0) is 15.5. The fourth-order valence-corrected chi connectivity index (χ4v) is 3.68. The lowest BCUT2D eigenvalue weighted by atomic mass is 10.00. The predicted octanol–water partition coefficient (Wildman–Crippen LogP) is 1.44. The van der Waals surface area contributed by atoms with Crippen LogP contribution in [0.1, 0.15) is 24.3 Å². The Bertz CT molecular complexity index is 597. The molecule has 0 bridgehead atoms. The van der Waals surface area contributed by atoms with Crippen molar-refractivity contribution < 1.29 is 18.3 Å². The number of nitrogens with one attached hydrogen (secondary N) is 1. The predicted molar refractivity (Wildman–Crippen MR) is 79.6 cm³/mol. The van der Waals surface area contributed by atoms with E-state index in [2.05, 4.69) is 4.72 Å². The van der Waals surface area contributed by atoms with Crippen LogP contribution in [0.5, 0.6) is 0 Å². The third-order valence-electron chi connectivity index (χ3n) is 3.45. The SMILES string of the molecule is O=C(O)C(CNS(=O)(=O)N1CCCC1)c1ccc(Cl)cc1. The molecule has 116 valence electrons. The summed E-state index contributed by atoms with van der Waals surface area (Å²) in [4.78, 5) is 11.3. The first-order valence-corrected chi connectivity index (χ1v) is 8.45. The number of halogens is 1. The number of rotatable bonds is 6. The van der Waals surface area contributed by atoms with E-state index in [9.17, 15) is 18.3 Å². The molecule has 1 atom stereocenters. The van der Waals surface area contributed by atoms with Gasteiger partial charge in [-0.25, -0.2) is 4.72 Å². The Morgan fingerprint density at radius 2 is 1.86 bits per heavy atom. The van der Waals surface area contributed by atoms with Gasteiger partial charge in [-0.3, -0.25) is 4.79 Å². The van der Waals surface area contributed by atoms with Gasteiger partial charge in [0.05, 0.1) is 5.92 Å². The molecule has 1 aromatic carbocycles. The van der Waals surface area contributed by atoms with Crippen LogP contribution in [0.3, 0.4) is 0 Å². The highest BCUT2D eigenvalue weighted by molar-refractivity contribution is 7.87. The number of hydrogen-bond acceptors (Lipinski definition) is 3. The molecule has 21 heavy (non-hydrogen) atoms. The molecule has 0 spiro atoms. The highest BCUT2D eigenvalue weighted by Crippen LogP contribution is 2.19. The maximum atomic E-state index is 12.0. The maximum Gasteiger partial charge on any atom is 0.312 e. The van der Waals surface area contributed by atoms with E-state index in [0.717, 1.165) is 12.8 Å². The lowest BCUT2D eigenvalue weighted by Gasteiger charge is -2.19. The summed E-state index contributed by atoms with van der Waals surface area (Å²) < 4.78 is 27.8. The highest BCUT2D eigenvalue weighted by atomic mass is 35.5. The van der Waals surface area contributed by atoms with Crippen LogP contribution in [-0.4, -0.2) is 43.4 Å². The summed E-state index contributed by atoms with van der Waals surface area (Å²) in [6.07, 6.45) is 1.67. The van der Waals surface area contributed by atoms with Gasteiger partial charge in [-0.1, -0.05) is 23.7 Å². The lowest BCUT2D eigenvalue weighted by Crippen LogP contribution is -2.41. The average molecular weight is 333 g/mol. The second-order valence-corrected chi connectivity index (χ2v) is 7.09. The summed E-state index contributed by atoms with van der Waals surface area (Å²) in [5.41, 5.74) is 0.510. The van der Waals surface area contributed by atoms with Crippen molar-refractivity contribution in [3.8, 4) is 0 Å². The molecular weight excluding hydrogens is 316 g/mol. The summed E-state index contributed by atoms with van der Waals surface area (Å²) >= 11 is 5.77. The monoisotopic (exact) mass is 332 g/mol. The fraction of sp³-hybridized carbons (Fsp3) is 0.462. The van der Waals surface area contributed by atoms with Crippen LogP contribution in [0.2, 0.25) is 5.02 Å². The van der Waals surface area contributed by atoms with E-state index >= 15 is 0 Å². The van der Waals surface area contributed by atoms with E-state index in [1.54, 1.807) is 24.3 Å². The van der Waals surface area contributed by atoms with Crippen molar-refractivity contribution >= 4 is 27.8 Å². The zero-order valence-corrected chi connectivity index (χ0v) is 12.9. The molecule has 1 aliphatic rings. The second-order valence-electron chi connectivity index (χ2n) is 4.90. The van der Waals surface area contributed by atoms with Crippen molar-refractivity contribution in [1.29, 1.82) is 0 Å². The van der Waals surface area contributed by atoms with Gasteiger partial charge in [-0.15, -0.1) is 0 Å². The molecule has 1 heterocycles. The van der Waals surface area contributed by atoms with Crippen LogP contribution in [-0.2, 0) is 15.0 Å². The van der Waals surface area contributed by atoms with E-state index < -0.39 is 22.1 Å². The minimum atomic E-state index is -3.61. The quantitative estimate of drug-likeness (QED) is 0.825. The number of benzene rings is 1. The minimum Gasteiger partial charge on any atom is -0.481 e. The van der Waals surface area contributed by atoms with E-state index in [0.29, 0.717) is 23.7 Å². The van der Waals surface area contributed by atoms with Gasteiger partial charge in [0.25, 0.3) is 10.2 Å². The van der Waals surface area contributed by atoms with Crippen molar-refractivity contribution in [2.24, 2.45) is 0 Å². The molecule has 1 saturated heterocycles. The van der Waals surface area contributed by atoms with Crippen molar-refractivity contribution in [3.05, 3.63) is 34.9 Å². The molecular formula is C13H17ClN2O4S. The minimum absolute atomic E-state index is 0.185. The van der Waals surface area contributed by atoms with Crippen molar-refractivity contribution in [2.75, 3.05) is 19.6 Å². The molecule has 0 aliphatic carbocycles. The number of aliphatic carboxylic acids is 1. The number of nitrogens with zero attached hydrogens (tertiary/aromatic N) is 1. The zero-order valence-electron chi connectivity index (χ0n) is 11.3. The number of carboxylic acid groups (broad SMARTS) is 1. The summed E-state index contributed by atoms with van der Waals surface area (Å²) in [5, 5.41) is 9.78. The normalized spacial score (nSPS) is 17.8. The van der Waals surface area contributed by atoms with Crippen LogP contribution >= 0.6 is 11.6 Å². The van der Waals surface area contributed by atoms with Gasteiger partial charge in [0.15, 0.2) is 0 Å². The molecule has 2 N–H and O–H groups in total. The molecule has 0 aromatic heterocycles. The third-order valence-corrected chi connectivity index (χ3v) is 5.27. The fourth-order valence-electron chi connectivity index (χ4n) is 2.25. The topological polar surface area (TPSA) is 86.7 Å². The third kappa shape index (κ3) is 4.16. The Hall–Kier alpha value is -1.15. The Morgan fingerprint density at radius 3 is 2.38 bits per heavy atom. The smallest absolute Gasteiger partial charge is 0.312 e. The van der Waals surface area contributed by atoms with Gasteiger partial charge >= 0.3 is 5.97 Å². The molecule has 0 saturated carbocycles. The maximum absolute atomic E-state index is 12.0. The largest absolute Gasteiger partial charge is 0.481 e. The Labute approximate surface area is 128 Å². The first-order chi connectivity index (χ1) is 9.90. The first-order valence-electron chi connectivity index (χ1n) is 6.63. The summed E-state index contributed by atoms with van der Waals surface area (Å²) in [6.45, 7) is 0.776. The summed E-state index contributed by atoms with van der Waals surface area (Å²) in [6, 6.07) is 6.35. The van der Waals surface area contributed by atoms with E-state index in [1.807, 2.05) is 0 Å². The highest BCUT2D eigenvalue weighted by Gasteiger charge is 2.28. The first kappa shape index (κ1) is 16.2. The standard InChI is InChI=1S/C13H17ClN2O4S/c14-11-5-3-10(4-6-11)12(13(17)18)9-15-21(19,20)16-7-1-2-8-16/h3-6,12,15H,1-2,7-9H2,(H,17,18). The van der Waals surface area contributed by atoms with Crippen LogP contribution < -0.4 is 4.72 Å². The van der Waals surface area contributed by atoms with Crippen LogP contribution in [0.4, 0.5) is 0 Å². The molecule has 1 aromatic rings. The Balaban J connectivity index is 2.07. The van der Waals surface area contributed by atoms with Gasteiger partial charge in [0, 0.05) is 24.7 Å². The number of carboxylic acids is 1. The molecule has 2 rings (SSSR count). The van der Waals surface area contributed by atoms with Gasteiger partial charge < -0.3 is 5.11 Å². The van der Waals surface area contributed by atoms with Gasteiger partial charge in [0.1, 0.15) is 0 Å². The van der Waals surface area contributed by atoms with Crippen molar-refractivity contribution in [1.82, 2.24) is 9.03 Å². The van der Waals surface area contributed by atoms with Crippen LogP contribution in [0.15, 0.2) is 24.3 Å². The van der Waals surface area contributed by atoms with E-state index in [1.165, 1.54) is 4.31 Å². The van der Waals surface area contributed by atoms with Gasteiger partial charge in [-0.2, -0.15) is 12.7 Å². The van der Waals surface area contributed by atoms with Crippen LogP contribution in [0.25, 0.3) is 0 Å². The second kappa shape index (κ2) is 6.74.